The first-order valence-electron chi connectivity index (χ1n) is 7.49. The first kappa shape index (κ1) is 17.9. The molecule has 1 N–H and O–H groups in total. The lowest BCUT2D eigenvalue weighted by molar-refractivity contribution is 0.0958. The number of hydrogen-bond donors (Lipinski definition) is 1. The number of ether oxygens (including phenoxy) is 1. The molecule has 1 unspecified atom stereocenters. The molecule has 3 nitrogen and oxygen atoms in total. The van der Waals surface area contributed by atoms with Gasteiger partial charge in [-0.25, -0.2) is 8.78 Å². The van der Waals surface area contributed by atoms with Crippen molar-refractivity contribution >= 4 is 0 Å². The van der Waals surface area contributed by atoms with Gasteiger partial charge >= 0.3 is 0 Å². The highest BCUT2D eigenvalue weighted by atomic mass is 19.3. The summed E-state index contributed by atoms with van der Waals surface area (Å²) >= 11 is 0. The number of benzene rings is 1. The molecule has 0 aliphatic heterocycles. The van der Waals surface area contributed by atoms with Gasteiger partial charge in [0.15, 0.2) is 0 Å². The minimum Gasteiger partial charge on any atom is -0.494 e. The van der Waals surface area contributed by atoms with E-state index in [0.29, 0.717) is 13.2 Å². The Morgan fingerprint density at radius 2 is 1.81 bits per heavy atom. The Hall–Kier alpha value is -1.20. The van der Waals surface area contributed by atoms with E-state index in [1.807, 2.05) is 31.2 Å². The summed E-state index contributed by atoms with van der Waals surface area (Å²) in [7, 11) is 1.72. The summed E-state index contributed by atoms with van der Waals surface area (Å²) in [5, 5.41) is 3.41. The van der Waals surface area contributed by atoms with Gasteiger partial charge in [0, 0.05) is 12.6 Å². The van der Waals surface area contributed by atoms with Gasteiger partial charge in [0.05, 0.1) is 13.2 Å². The Morgan fingerprint density at radius 3 is 2.33 bits per heavy atom. The van der Waals surface area contributed by atoms with Crippen molar-refractivity contribution in [2.24, 2.45) is 0 Å². The van der Waals surface area contributed by atoms with Crippen molar-refractivity contribution in [2.75, 3.05) is 33.3 Å². The summed E-state index contributed by atoms with van der Waals surface area (Å²) < 4.78 is 30.3. The Morgan fingerprint density at radius 1 is 1.14 bits per heavy atom. The van der Waals surface area contributed by atoms with Gasteiger partial charge in [-0.15, -0.1) is 0 Å². The molecule has 21 heavy (non-hydrogen) atoms. The van der Waals surface area contributed by atoms with Gasteiger partial charge in [-0.1, -0.05) is 19.1 Å². The van der Waals surface area contributed by atoms with E-state index in [9.17, 15) is 8.78 Å². The van der Waals surface area contributed by atoms with Gasteiger partial charge in [-0.3, -0.25) is 4.90 Å². The van der Waals surface area contributed by atoms with Crippen LogP contribution in [0.4, 0.5) is 8.78 Å². The molecule has 0 aliphatic carbocycles. The molecule has 1 aromatic carbocycles. The van der Waals surface area contributed by atoms with Gasteiger partial charge < -0.3 is 10.1 Å². The summed E-state index contributed by atoms with van der Waals surface area (Å²) in [6, 6.07) is 7.88. The van der Waals surface area contributed by atoms with Crippen molar-refractivity contribution in [1.29, 1.82) is 0 Å². The molecule has 120 valence electrons. The second-order valence-electron chi connectivity index (χ2n) is 5.12. The van der Waals surface area contributed by atoms with Crippen LogP contribution in [-0.4, -0.2) is 44.6 Å². The van der Waals surface area contributed by atoms with E-state index in [2.05, 4.69) is 12.2 Å². The highest BCUT2D eigenvalue weighted by molar-refractivity contribution is 5.29. The van der Waals surface area contributed by atoms with Crippen molar-refractivity contribution in [1.82, 2.24) is 10.2 Å². The number of nitrogens with zero attached hydrogens (tertiary/aromatic N) is 1. The fraction of sp³-hybridized carbons (Fsp3) is 0.625. The van der Waals surface area contributed by atoms with Crippen molar-refractivity contribution in [3.05, 3.63) is 29.8 Å². The second-order valence-corrected chi connectivity index (χ2v) is 5.12. The Kier molecular flexibility index (Phi) is 8.23. The van der Waals surface area contributed by atoms with E-state index in [1.165, 1.54) is 0 Å². The molecule has 0 radical (unpaired) electrons. The number of hydrogen-bond acceptors (Lipinski definition) is 3. The Bertz CT molecular complexity index is 384. The van der Waals surface area contributed by atoms with Crippen molar-refractivity contribution in [2.45, 2.75) is 32.7 Å². The summed E-state index contributed by atoms with van der Waals surface area (Å²) in [6.45, 7) is 5.87. The minimum absolute atomic E-state index is 0.0457. The summed E-state index contributed by atoms with van der Waals surface area (Å²) in [4.78, 5) is 1.66. The maximum Gasteiger partial charge on any atom is 0.251 e. The third-order valence-electron chi connectivity index (χ3n) is 3.18. The average Bonchev–Trinajstić information content (AvgIpc) is 2.44. The molecule has 1 rings (SSSR count). The van der Waals surface area contributed by atoms with E-state index < -0.39 is 6.43 Å². The van der Waals surface area contributed by atoms with Crippen LogP contribution in [0.3, 0.4) is 0 Å². The smallest absolute Gasteiger partial charge is 0.251 e. The van der Waals surface area contributed by atoms with Crippen LogP contribution in [0.5, 0.6) is 5.75 Å². The molecule has 0 saturated carbocycles. The zero-order valence-corrected chi connectivity index (χ0v) is 13.1. The van der Waals surface area contributed by atoms with Crippen LogP contribution in [0.2, 0.25) is 0 Å². The second kappa shape index (κ2) is 9.68. The summed E-state index contributed by atoms with van der Waals surface area (Å²) in [5.41, 5.74) is 1.09. The predicted octanol–water partition coefficient (Wildman–Crippen LogP) is 3.32. The quantitative estimate of drug-likeness (QED) is 0.717. The third-order valence-corrected chi connectivity index (χ3v) is 3.18. The maximum atomic E-state index is 12.4. The molecule has 0 spiro atoms. The highest BCUT2D eigenvalue weighted by Crippen LogP contribution is 2.19. The molecule has 1 aromatic rings. The molecular weight excluding hydrogens is 274 g/mol. The molecule has 0 aliphatic rings. The fourth-order valence-electron chi connectivity index (χ4n) is 2.19. The number of alkyl halides is 2. The molecule has 0 amide bonds. The normalized spacial score (nSPS) is 12.9. The molecular formula is C16H26F2N2O. The topological polar surface area (TPSA) is 24.5 Å². The molecule has 0 heterocycles. The average molecular weight is 300 g/mol. The highest BCUT2D eigenvalue weighted by Gasteiger charge is 2.16. The summed E-state index contributed by atoms with van der Waals surface area (Å²) in [6.07, 6.45) is -1.30. The van der Waals surface area contributed by atoms with Crippen molar-refractivity contribution in [3.8, 4) is 5.75 Å². The lowest BCUT2D eigenvalue weighted by Gasteiger charge is -2.25. The van der Waals surface area contributed by atoms with Gasteiger partial charge in [-0.2, -0.15) is 0 Å². The minimum atomic E-state index is -2.30. The molecule has 0 aromatic heterocycles. The molecule has 0 saturated heterocycles. The van der Waals surface area contributed by atoms with Gasteiger partial charge in [0.25, 0.3) is 6.43 Å². The monoisotopic (exact) mass is 300 g/mol. The zero-order chi connectivity index (χ0) is 15.7. The van der Waals surface area contributed by atoms with Gasteiger partial charge in [0.2, 0.25) is 0 Å². The van der Waals surface area contributed by atoms with Crippen LogP contribution in [-0.2, 0) is 0 Å². The van der Waals surface area contributed by atoms with E-state index in [1.54, 1.807) is 11.9 Å². The van der Waals surface area contributed by atoms with E-state index in [0.717, 1.165) is 24.3 Å². The standard InChI is InChI=1S/C16H26F2N2O/c1-4-10-19-15(11-20(3)12-16(17)18)13-6-8-14(9-7-13)21-5-2/h6-9,15-16,19H,4-5,10-12H2,1-3H3. The molecule has 1 atom stereocenters. The van der Waals surface area contributed by atoms with E-state index >= 15 is 0 Å². The lowest BCUT2D eigenvalue weighted by atomic mass is 10.1. The molecule has 5 heteroatoms. The fourth-order valence-corrected chi connectivity index (χ4v) is 2.19. The van der Waals surface area contributed by atoms with Crippen LogP contribution in [0.1, 0.15) is 31.9 Å². The van der Waals surface area contributed by atoms with Crippen LogP contribution in [0.25, 0.3) is 0 Å². The van der Waals surface area contributed by atoms with Crippen LogP contribution >= 0.6 is 0 Å². The first-order valence-corrected chi connectivity index (χ1v) is 7.49. The van der Waals surface area contributed by atoms with Crippen molar-refractivity contribution in [3.63, 3.8) is 0 Å². The largest absolute Gasteiger partial charge is 0.494 e. The zero-order valence-electron chi connectivity index (χ0n) is 13.1. The Labute approximate surface area is 126 Å². The Balaban J connectivity index is 2.71. The number of halogens is 2. The maximum absolute atomic E-state index is 12.4. The lowest BCUT2D eigenvalue weighted by Crippen LogP contribution is -2.35. The van der Waals surface area contributed by atoms with Gasteiger partial charge in [-0.05, 0) is 44.6 Å². The van der Waals surface area contributed by atoms with Gasteiger partial charge in [0.1, 0.15) is 5.75 Å². The van der Waals surface area contributed by atoms with Crippen LogP contribution in [0, 0.1) is 0 Å². The van der Waals surface area contributed by atoms with E-state index in [4.69, 9.17) is 4.74 Å². The number of rotatable bonds is 10. The number of likely N-dealkylation sites (N-methyl/N-ethyl adjacent to an activating group) is 1. The van der Waals surface area contributed by atoms with E-state index in [-0.39, 0.29) is 12.6 Å². The number of nitrogens with one attached hydrogen (secondary N) is 1. The van der Waals surface area contributed by atoms with Crippen LogP contribution in [0.15, 0.2) is 24.3 Å². The summed E-state index contributed by atoms with van der Waals surface area (Å²) in [5.74, 6) is 0.830. The molecule has 0 fully saturated rings. The van der Waals surface area contributed by atoms with Crippen molar-refractivity contribution < 1.29 is 13.5 Å². The first-order chi connectivity index (χ1) is 10.1. The SMILES string of the molecule is CCCNC(CN(C)CC(F)F)c1ccc(OCC)cc1. The van der Waals surface area contributed by atoms with Crippen LogP contribution < -0.4 is 10.1 Å². The predicted molar refractivity (Wildman–Crippen MR) is 82.1 cm³/mol. The third kappa shape index (κ3) is 6.87. The molecule has 0 bridgehead atoms.